The molecule has 0 saturated carbocycles. The number of piperazine rings is 1. The summed E-state index contributed by atoms with van der Waals surface area (Å²) >= 11 is 3.58. The first-order valence-electron chi connectivity index (χ1n) is 7.11. The van der Waals surface area contributed by atoms with Crippen LogP contribution in [0.5, 0.6) is 0 Å². The second-order valence-electron chi connectivity index (χ2n) is 5.81. The van der Waals surface area contributed by atoms with E-state index in [1.165, 1.54) is 5.69 Å². The Kier molecular flexibility index (Phi) is 3.50. The lowest BCUT2D eigenvalue weighted by Crippen LogP contribution is -2.63. The topological polar surface area (TPSA) is 35.6 Å². The fourth-order valence-electron chi connectivity index (χ4n) is 3.25. The Morgan fingerprint density at radius 3 is 2.85 bits per heavy atom. The monoisotopic (exact) mass is 337 g/mol. The summed E-state index contributed by atoms with van der Waals surface area (Å²) in [5.41, 5.74) is 3.40. The molecule has 1 aromatic carbocycles. The molecule has 0 radical (unpaired) electrons. The number of carbonyl (C=O) groups excluding carboxylic acids is 1. The Balaban J connectivity index is 2.20. The van der Waals surface area contributed by atoms with E-state index >= 15 is 0 Å². The molecule has 1 aromatic rings. The fraction of sp³-hybridized carbons (Fsp3) is 0.533. The summed E-state index contributed by atoms with van der Waals surface area (Å²) in [6, 6.07) is 4.32. The van der Waals surface area contributed by atoms with Gasteiger partial charge in [-0.15, -0.1) is 0 Å². The van der Waals surface area contributed by atoms with Crippen molar-refractivity contribution in [3.8, 4) is 0 Å². The lowest BCUT2D eigenvalue weighted by molar-refractivity contribution is -0.120. The third kappa shape index (κ3) is 2.04. The first-order valence-corrected chi connectivity index (χ1v) is 7.90. The van der Waals surface area contributed by atoms with Crippen LogP contribution in [0, 0.1) is 6.92 Å². The number of hydrogen-bond donors (Lipinski definition) is 1. The number of aryl methyl sites for hydroxylation is 1. The average molecular weight is 338 g/mol. The van der Waals surface area contributed by atoms with E-state index < -0.39 is 0 Å². The minimum atomic E-state index is -0.0765. The summed E-state index contributed by atoms with van der Waals surface area (Å²) in [5, 5.41) is 3.33. The maximum atomic E-state index is 12.8. The van der Waals surface area contributed by atoms with Crippen molar-refractivity contribution in [2.45, 2.75) is 32.9 Å². The van der Waals surface area contributed by atoms with Crippen molar-refractivity contribution in [2.75, 3.05) is 29.4 Å². The molecule has 2 aliphatic rings. The summed E-state index contributed by atoms with van der Waals surface area (Å²) in [7, 11) is 0. The molecular formula is C15H20BrN3O. The van der Waals surface area contributed by atoms with Crippen LogP contribution in [0.15, 0.2) is 16.6 Å². The Hall–Kier alpha value is -1.07. The Morgan fingerprint density at radius 1 is 1.40 bits per heavy atom. The van der Waals surface area contributed by atoms with Crippen molar-refractivity contribution in [3.05, 3.63) is 22.2 Å². The van der Waals surface area contributed by atoms with E-state index in [9.17, 15) is 4.79 Å². The van der Waals surface area contributed by atoms with Crippen LogP contribution in [0.3, 0.4) is 0 Å². The molecule has 3 rings (SSSR count). The number of anilines is 2. The zero-order valence-electron chi connectivity index (χ0n) is 12.1. The van der Waals surface area contributed by atoms with Crippen molar-refractivity contribution in [3.63, 3.8) is 0 Å². The number of amides is 1. The average Bonchev–Trinajstić information content (AvgIpc) is 2.40. The molecule has 1 unspecified atom stereocenters. The second-order valence-corrected chi connectivity index (χ2v) is 6.72. The van der Waals surface area contributed by atoms with Crippen LogP contribution in [-0.4, -0.2) is 37.6 Å². The molecule has 1 fully saturated rings. The van der Waals surface area contributed by atoms with Crippen LogP contribution >= 0.6 is 15.9 Å². The molecule has 4 nitrogen and oxygen atoms in total. The summed E-state index contributed by atoms with van der Waals surface area (Å²) in [6.45, 7) is 8.77. The fourth-order valence-corrected chi connectivity index (χ4v) is 3.81. The highest BCUT2D eigenvalue weighted by Gasteiger charge is 2.41. The molecule has 0 spiro atoms. The van der Waals surface area contributed by atoms with Gasteiger partial charge in [-0.3, -0.25) is 4.79 Å². The van der Waals surface area contributed by atoms with Crippen LogP contribution in [0.1, 0.15) is 19.4 Å². The zero-order chi connectivity index (χ0) is 14.4. The number of nitrogens with one attached hydrogen (secondary N) is 1. The predicted molar refractivity (Wildman–Crippen MR) is 85.5 cm³/mol. The van der Waals surface area contributed by atoms with Gasteiger partial charge in [-0.05, 0) is 38.5 Å². The zero-order valence-corrected chi connectivity index (χ0v) is 13.7. The maximum Gasteiger partial charge on any atom is 0.251 e. The van der Waals surface area contributed by atoms with Gasteiger partial charge in [0.25, 0.3) is 5.91 Å². The normalized spacial score (nSPS) is 22.1. The molecule has 1 amide bonds. The van der Waals surface area contributed by atoms with Crippen molar-refractivity contribution < 1.29 is 4.79 Å². The highest BCUT2D eigenvalue weighted by molar-refractivity contribution is 9.10. The molecular weight excluding hydrogens is 318 g/mol. The summed E-state index contributed by atoms with van der Waals surface area (Å²) < 4.78 is 1.07. The largest absolute Gasteiger partial charge is 0.355 e. The first-order chi connectivity index (χ1) is 9.50. The van der Waals surface area contributed by atoms with Gasteiger partial charge < -0.3 is 15.1 Å². The van der Waals surface area contributed by atoms with Gasteiger partial charge in [-0.2, -0.15) is 0 Å². The number of carbonyl (C=O) groups is 1. The van der Waals surface area contributed by atoms with Crippen LogP contribution < -0.4 is 15.1 Å². The Morgan fingerprint density at radius 2 is 2.15 bits per heavy atom. The SMILES string of the molecule is Cc1cc(Br)cc2c1N(C(C)C)C(=O)C1CNCCN21. The summed E-state index contributed by atoms with van der Waals surface area (Å²) in [6.07, 6.45) is 0. The number of nitrogens with zero attached hydrogens (tertiary/aromatic N) is 2. The molecule has 2 heterocycles. The predicted octanol–water partition coefficient (Wildman–Crippen LogP) is 2.29. The molecule has 0 aliphatic carbocycles. The van der Waals surface area contributed by atoms with Gasteiger partial charge in [0.05, 0.1) is 11.4 Å². The molecule has 0 bridgehead atoms. The highest BCUT2D eigenvalue weighted by Crippen LogP contribution is 2.42. The van der Waals surface area contributed by atoms with Gasteiger partial charge in [0.15, 0.2) is 0 Å². The number of benzene rings is 1. The molecule has 1 atom stereocenters. The third-order valence-corrected chi connectivity index (χ3v) is 4.54. The number of halogens is 1. The number of hydrogen-bond acceptors (Lipinski definition) is 3. The van der Waals surface area contributed by atoms with Gasteiger partial charge in [0.1, 0.15) is 6.04 Å². The van der Waals surface area contributed by atoms with E-state index in [0.29, 0.717) is 0 Å². The smallest absolute Gasteiger partial charge is 0.251 e. The first kappa shape index (κ1) is 13.9. The van der Waals surface area contributed by atoms with Gasteiger partial charge >= 0.3 is 0 Å². The van der Waals surface area contributed by atoms with Crippen molar-refractivity contribution in [1.29, 1.82) is 0 Å². The van der Waals surface area contributed by atoms with Crippen LogP contribution in [-0.2, 0) is 4.79 Å². The van der Waals surface area contributed by atoms with Crippen molar-refractivity contribution >= 4 is 33.2 Å². The highest BCUT2D eigenvalue weighted by atomic mass is 79.9. The molecule has 0 aromatic heterocycles. The quantitative estimate of drug-likeness (QED) is 0.854. The van der Waals surface area contributed by atoms with E-state index in [2.05, 4.69) is 59.1 Å². The van der Waals surface area contributed by atoms with E-state index in [1.54, 1.807) is 0 Å². The van der Waals surface area contributed by atoms with Gasteiger partial charge in [-0.1, -0.05) is 15.9 Å². The summed E-state index contributed by atoms with van der Waals surface area (Å²) in [5.74, 6) is 0.213. The van der Waals surface area contributed by atoms with E-state index in [0.717, 1.165) is 35.4 Å². The van der Waals surface area contributed by atoms with Gasteiger partial charge in [-0.25, -0.2) is 0 Å². The Labute approximate surface area is 128 Å². The molecule has 108 valence electrons. The van der Waals surface area contributed by atoms with Crippen LogP contribution in [0.2, 0.25) is 0 Å². The Bertz CT molecular complexity index is 558. The standard InChI is InChI=1S/C15H20BrN3O/c1-9(2)19-14-10(3)6-11(16)7-12(14)18-5-4-17-8-13(18)15(19)20/h6-7,9,13,17H,4-5,8H2,1-3H3. The minimum Gasteiger partial charge on any atom is -0.355 e. The van der Waals surface area contributed by atoms with Crippen molar-refractivity contribution in [1.82, 2.24) is 5.32 Å². The van der Waals surface area contributed by atoms with E-state index in [-0.39, 0.29) is 18.0 Å². The number of fused-ring (bicyclic) bond motifs is 3. The lowest BCUT2D eigenvalue weighted by atomic mass is 9.99. The molecule has 1 saturated heterocycles. The van der Waals surface area contributed by atoms with Crippen LogP contribution in [0.4, 0.5) is 11.4 Å². The van der Waals surface area contributed by atoms with E-state index in [1.807, 2.05) is 4.90 Å². The summed E-state index contributed by atoms with van der Waals surface area (Å²) in [4.78, 5) is 17.1. The van der Waals surface area contributed by atoms with E-state index in [4.69, 9.17) is 0 Å². The van der Waals surface area contributed by atoms with Crippen LogP contribution in [0.25, 0.3) is 0 Å². The second kappa shape index (κ2) is 5.04. The van der Waals surface area contributed by atoms with Crippen molar-refractivity contribution in [2.24, 2.45) is 0 Å². The third-order valence-electron chi connectivity index (χ3n) is 4.08. The minimum absolute atomic E-state index is 0.0765. The molecule has 1 N–H and O–H groups in total. The number of rotatable bonds is 1. The maximum absolute atomic E-state index is 12.8. The lowest BCUT2D eigenvalue weighted by Gasteiger charge is -2.47. The molecule has 2 aliphatic heterocycles. The van der Waals surface area contributed by atoms with Gasteiger partial charge in [0, 0.05) is 30.1 Å². The molecule has 20 heavy (non-hydrogen) atoms. The molecule has 5 heteroatoms. The van der Waals surface area contributed by atoms with Gasteiger partial charge in [0.2, 0.25) is 0 Å².